The van der Waals surface area contributed by atoms with Gasteiger partial charge in [0.2, 0.25) is 5.79 Å². The Hall–Kier alpha value is 0.550. The van der Waals surface area contributed by atoms with Gasteiger partial charge in [-0.1, -0.05) is 0 Å². The van der Waals surface area contributed by atoms with Gasteiger partial charge in [-0.05, 0) is 0 Å². The van der Waals surface area contributed by atoms with Crippen LogP contribution < -0.4 is 0 Å². The molecule has 2 aliphatic rings. The van der Waals surface area contributed by atoms with Crippen molar-refractivity contribution >= 4 is 34.8 Å². The molecule has 0 saturated carbocycles. The third kappa shape index (κ3) is 3.58. The largest absolute Gasteiger partial charge is 0.394 e. The Labute approximate surface area is 147 Å². The number of aliphatic hydroxyl groups is 5. The van der Waals surface area contributed by atoms with E-state index in [0.717, 1.165) is 0 Å². The summed E-state index contributed by atoms with van der Waals surface area (Å²) in [5.74, 6) is -2.43. The lowest BCUT2D eigenvalue weighted by Gasteiger charge is -2.43. The zero-order valence-electron chi connectivity index (χ0n) is 11.8. The Morgan fingerprint density at radius 2 is 1.65 bits per heavy atom. The van der Waals surface area contributed by atoms with Crippen LogP contribution >= 0.6 is 34.8 Å². The van der Waals surface area contributed by atoms with Gasteiger partial charge in [-0.2, -0.15) is 0 Å². The van der Waals surface area contributed by atoms with E-state index < -0.39 is 66.6 Å². The summed E-state index contributed by atoms with van der Waals surface area (Å²) in [6.45, 7) is -0.526. The van der Waals surface area contributed by atoms with Gasteiger partial charge in [0.1, 0.15) is 36.6 Å². The molecule has 2 rings (SSSR count). The lowest BCUT2D eigenvalue weighted by atomic mass is 10.0. The van der Waals surface area contributed by atoms with Crippen molar-refractivity contribution in [1.29, 1.82) is 0 Å². The molecular weight excluding hydrogens is 378 g/mol. The first-order chi connectivity index (χ1) is 10.8. The van der Waals surface area contributed by atoms with Crippen LogP contribution in [0.3, 0.4) is 0 Å². The SMILES string of the molecule is OCC1O[C@@H](O[C@]2(CCl)O[C@@H](CCl)[C@@H](O)C2O)C(O)[C@@H](O)[C@H]1Cl. The van der Waals surface area contributed by atoms with Crippen LogP contribution in [0.4, 0.5) is 0 Å². The van der Waals surface area contributed by atoms with Crippen molar-refractivity contribution in [1.82, 2.24) is 0 Å². The second-order valence-electron chi connectivity index (χ2n) is 5.46. The molecule has 0 radical (unpaired) electrons. The predicted octanol–water partition coefficient (Wildman–Crippen LogP) is -1.66. The van der Waals surface area contributed by atoms with Gasteiger partial charge in [-0.25, -0.2) is 0 Å². The lowest BCUT2D eigenvalue weighted by Crippen LogP contribution is -2.61. The van der Waals surface area contributed by atoms with E-state index in [1.54, 1.807) is 0 Å². The van der Waals surface area contributed by atoms with Gasteiger partial charge in [0.05, 0.1) is 23.7 Å². The number of hydrogen-bond acceptors (Lipinski definition) is 8. The summed E-state index contributed by atoms with van der Waals surface area (Å²) in [6, 6.07) is 0. The predicted molar refractivity (Wildman–Crippen MR) is 79.5 cm³/mol. The zero-order chi connectivity index (χ0) is 17.4. The standard InChI is InChI=1S/C12H19Cl3O8/c13-1-4-7(17)10(20)12(3-14,22-4)23-11-9(19)8(18)6(15)5(2-16)21-11/h4-11,16-20H,1-3H2/t4-,5?,6-,7+,8-,9?,10?,11-,12-/m0/s1. The minimum atomic E-state index is -1.90. The van der Waals surface area contributed by atoms with Crippen LogP contribution in [0.25, 0.3) is 0 Å². The van der Waals surface area contributed by atoms with E-state index in [1.807, 2.05) is 0 Å². The molecule has 11 heteroatoms. The topological polar surface area (TPSA) is 129 Å². The van der Waals surface area contributed by atoms with Gasteiger partial charge in [0, 0.05) is 0 Å². The molecule has 136 valence electrons. The first kappa shape index (κ1) is 19.9. The average Bonchev–Trinajstić information content (AvgIpc) is 2.80. The Morgan fingerprint density at radius 3 is 2.13 bits per heavy atom. The number of hydrogen-bond donors (Lipinski definition) is 5. The normalized spacial score (nSPS) is 51.1. The van der Waals surface area contributed by atoms with Crippen LogP contribution in [0.1, 0.15) is 0 Å². The van der Waals surface area contributed by atoms with Gasteiger partial charge in [-0.3, -0.25) is 0 Å². The fourth-order valence-electron chi connectivity index (χ4n) is 2.56. The highest BCUT2D eigenvalue weighted by atomic mass is 35.5. The van der Waals surface area contributed by atoms with Crippen molar-refractivity contribution in [3.05, 3.63) is 0 Å². The van der Waals surface area contributed by atoms with Crippen LogP contribution in [0.15, 0.2) is 0 Å². The molecule has 0 bridgehead atoms. The van der Waals surface area contributed by atoms with Crippen LogP contribution in [-0.2, 0) is 14.2 Å². The molecule has 8 nitrogen and oxygen atoms in total. The number of alkyl halides is 3. The van der Waals surface area contributed by atoms with E-state index >= 15 is 0 Å². The van der Waals surface area contributed by atoms with Gasteiger partial charge in [-0.15, -0.1) is 34.8 Å². The number of ether oxygens (including phenoxy) is 3. The molecule has 2 fully saturated rings. The third-order valence-electron chi connectivity index (χ3n) is 3.96. The average molecular weight is 398 g/mol. The second kappa shape index (κ2) is 7.84. The molecule has 23 heavy (non-hydrogen) atoms. The minimum absolute atomic E-state index is 0.125. The smallest absolute Gasteiger partial charge is 0.214 e. The van der Waals surface area contributed by atoms with E-state index in [2.05, 4.69) is 0 Å². The second-order valence-corrected chi connectivity index (χ2v) is 6.54. The van der Waals surface area contributed by atoms with E-state index in [0.29, 0.717) is 0 Å². The minimum Gasteiger partial charge on any atom is -0.394 e. The van der Waals surface area contributed by atoms with Crippen molar-refractivity contribution in [2.45, 2.75) is 54.1 Å². The van der Waals surface area contributed by atoms with E-state index in [4.69, 9.17) is 49.0 Å². The van der Waals surface area contributed by atoms with Crippen LogP contribution in [0.2, 0.25) is 0 Å². The summed E-state index contributed by atoms with van der Waals surface area (Å²) in [7, 11) is 0. The highest BCUT2D eigenvalue weighted by molar-refractivity contribution is 6.21. The van der Waals surface area contributed by atoms with Crippen molar-refractivity contribution in [2.24, 2.45) is 0 Å². The van der Waals surface area contributed by atoms with Crippen LogP contribution in [-0.4, -0.2) is 98.0 Å². The number of rotatable bonds is 5. The van der Waals surface area contributed by atoms with E-state index in [-0.39, 0.29) is 5.88 Å². The van der Waals surface area contributed by atoms with E-state index in [9.17, 15) is 25.5 Å². The first-order valence-electron chi connectivity index (χ1n) is 6.91. The molecule has 0 aromatic carbocycles. The molecule has 0 aromatic heterocycles. The Morgan fingerprint density at radius 1 is 1.00 bits per heavy atom. The van der Waals surface area contributed by atoms with Crippen molar-refractivity contribution < 1.29 is 39.7 Å². The zero-order valence-corrected chi connectivity index (χ0v) is 14.1. The summed E-state index contributed by atoms with van der Waals surface area (Å²) >= 11 is 17.3. The summed E-state index contributed by atoms with van der Waals surface area (Å²) in [5.41, 5.74) is 0. The van der Waals surface area contributed by atoms with Crippen molar-refractivity contribution in [3.63, 3.8) is 0 Å². The van der Waals surface area contributed by atoms with Crippen molar-refractivity contribution in [3.8, 4) is 0 Å². The molecule has 9 atom stereocenters. The molecule has 2 saturated heterocycles. The fraction of sp³-hybridized carbons (Fsp3) is 1.00. The summed E-state index contributed by atoms with van der Waals surface area (Å²) in [4.78, 5) is 0. The quantitative estimate of drug-likeness (QED) is 0.349. The monoisotopic (exact) mass is 396 g/mol. The summed E-state index contributed by atoms with van der Waals surface area (Å²) in [5, 5.41) is 48.1. The maximum Gasteiger partial charge on any atom is 0.214 e. The molecule has 5 N–H and O–H groups in total. The molecule has 3 unspecified atom stereocenters. The Kier molecular flexibility index (Phi) is 6.77. The van der Waals surface area contributed by atoms with Gasteiger partial charge < -0.3 is 39.7 Å². The van der Waals surface area contributed by atoms with Crippen LogP contribution in [0, 0.1) is 0 Å². The lowest BCUT2D eigenvalue weighted by molar-refractivity contribution is -0.357. The molecule has 2 aliphatic heterocycles. The molecule has 0 aromatic rings. The van der Waals surface area contributed by atoms with E-state index in [1.165, 1.54) is 0 Å². The maximum absolute atomic E-state index is 10.1. The number of aliphatic hydroxyl groups excluding tert-OH is 5. The molecule has 0 amide bonds. The Bertz CT molecular complexity index is 403. The highest BCUT2D eigenvalue weighted by Crippen LogP contribution is 2.37. The molecule has 2 heterocycles. The molecule has 0 aliphatic carbocycles. The molecule has 0 spiro atoms. The van der Waals surface area contributed by atoms with Gasteiger partial charge >= 0.3 is 0 Å². The van der Waals surface area contributed by atoms with Crippen molar-refractivity contribution in [2.75, 3.05) is 18.4 Å². The first-order valence-corrected chi connectivity index (χ1v) is 8.42. The van der Waals surface area contributed by atoms with Gasteiger partial charge in [0.15, 0.2) is 6.29 Å². The summed E-state index contributed by atoms with van der Waals surface area (Å²) in [6.07, 6.45) is -9.39. The highest BCUT2D eigenvalue weighted by Gasteiger charge is 2.58. The fourth-order valence-corrected chi connectivity index (χ4v) is 3.37. The Balaban J connectivity index is 2.18. The number of halogens is 3. The van der Waals surface area contributed by atoms with Gasteiger partial charge in [0.25, 0.3) is 0 Å². The van der Waals surface area contributed by atoms with Crippen LogP contribution in [0.5, 0.6) is 0 Å². The maximum atomic E-state index is 10.1. The third-order valence-corrected chi connectivity index (χ3v) is 5.17. The summed E-state index contributed by atoms with van der Waals surface area (Å²) < 4.78 is 16.1. The molecular formula is C12H19Cl3O8.